The van der Waals surface area contributed by atoms with Gasteiger partial charge in [-0.05, 0) is 51.1 Å². The molecule has 1 N–H and O–H groups in total. The zero-order chi connectivity index (χ0) is 12.6. The SMILES string of the molecule is Cc1c(CNC(C)(C)C)sc2c(C)cccc12. The molecule has 17 heavy (non-hydrogen) atoms. The fraction of sp³-hybridized carbons (Fsp3) is 0.467. The highest BCUT2D eigenvalue weighted by atomic mass is 32.1. The van der Waals surface area contributed by atoms with Crippen molar-refractivity contribution in [1.82, 2.24) is 5.32 Å². The molecule has 1 aromatic heterocycles. The summed E-state index contributed by atoms with van der Waals surface area (Å²) in [6.07, 6.45) is 0. The first kappa shape index (κ1) is 12.6. The molecule has 2 rings (SSSR count). The van der Waals surface area contributed by atoms with Gasteiger partial charge in [-0.15, -0.1) is 11.3 Å². The summed E-state index contributed by atoms with van der Waals surface area (Å²) in [6, 6.07) is 6.58. The number of hydrogen-bond acceptors (Lipinski definition) is 2. The van der Waals surface area contributed by atoms with E-state index in [1.54, 1.807) is 0 Å². The quantitative estimate of drug-likeness (QED) is 0.829. The van der Waals surface area contributed by atoms with Crippen LogP contribution in [0, 0.1) is 13.8 Å². The standard InChI is InChI=1S/C15H21NS/c1-10-7-6-8-12-11(2)13(17-14(10)12)9-16-15(3,4)5/h6-8,16H,9H2,1-5H3. The highest BCUT2D eigenvalue weighted by Gasteiger charge is 2.13. The molecule has 0 aliphatic carbocycles. The van der Waals surface area contributed by atoms with E-state index in [1.165, 1.54) is 26.1 Å². The lowest BCUT2D eigenvalue weighted by Crippen LogP contribution is -2.34. The van der Waals surface area contributed by atoms with Crippen LogP contribution in [-0.2, 0) is 6.54 Å². The summed E-state index contributed by atoms with van der Waals surface area (Å²) in [5.41, 5.74) is 3.00. The Morgan fingerprint density at radius 3 is 2.47 bits per heavy atom. The first-order chi connectivity index (χ1) is 7.88. The van der Waals surface area contributed by atoms with Crippen LogP contribution in [0.4, 0.5) is 0 Å². The van der Waals surface area contributed by atoms with Crippen molar-refractivity contribution in [2.45, 2.75) is 46.7 Å². The van der Waals surface area contributed by atoms with Crippen molar-refractivity contribution in [3.05, 3.63) is 34.2 Å². The first-order valence-corrected chi connectivity index (χ1v) is 6.93. The Labute approximate surface area is 108 Å². The molecule has 0 radical (unpaired) electrons. The third-order valence-electron chi connectivity index (χ3n) is 3.04. The van der Waals surface area contributed by atoms with Crippen LogP contribution in [0.3, 0.4) is 0 Å². The van der Waals surface area contributed by atoms with Gasteiger partial charge in [0.1, 0.15) is 0 Å². The molecule has 0 spiro atoms. The van der Waals surface area contributed by atoms with Crippen molar-refractivity contribution in [3.63, 3.8) is 0 Å². The summed E-state index contributed by atoms with van der Waals surface area (Å²) in [6.45, 7) is 12.0. The number of aryl methyl sites for hydroxylation is 2. The van der Waals surface area contributed by atoms with Gasteiger partial charge in [0.05, 0.1) is 0 Å². The second-order valence-electron chi connectivity index (χ2n) is 5.71. The van der Waals surface area contributed by atoms with E-state index < -0.39 is 0 Å². The zero-order valence-electron chi connectivity index (χ0n) is 11.3. The van der Waals surface area contributed by atoms with Gasteiger partial charge in [0.15, 0.2) is 0 Å². The number of benzene rings is 1. The third-order valence-corrected chi connectivity index (χ3v) is 4.48. The van der Waals surface area contributed by atoms with Gasteiger partial charge in [0.2, 0.25) is 0 Å². The molecule has 0 bridgehead atoms. The lowest BCUT2D eigenvalue weighted by molar-refractivity contribution is 0.426. The fourth-order valence-corrected chi connectivity index (χ4v) is 3.16. The van der Waals surface area contributed by atoms with E-state index in [0.29, 0.717) is 0 Å². The molecule has 92 valence electrons. The van der Waals surface area contributed by atoms with Crippen molar-refractivity contribution in [2.75, 3.05) is 0 Å². The molecule has 1 aromatic carbocycles. The molecule has 0 aliphatic rings. The second kappa shape index (κ2) is 4.43. The predicted octanol–water partition coefficient (Wildman–Crippen LogP) is 4.41. The molecule has 1 heterocycles. The molecule has 2 heteroatoms. The zero-order valence-corrected chi connectivity index (χ0v) is 12.2. The van der Waals surface area contributed by atoms with E-state index in [4.69, 9.17) is 0 Å². The van der Waals surface area contributed by atoms with Gasteiger partial charge in [-0.1, -0.05) is 18.2 Å². The van der Waals surface area contributed by atoms with Gasteiger partial charge < -0.3 is 5.32 Å². The van der Waals surface area contributed by atoms with Crippen LogP contribution in [0.5, 0.6) is 0 Å². The molecule has 0 unspecified atom stereocenters. The maximum Gasteiger partial charge on any atom is 0.0378 e. The normalized spacial score (nSPS) is 12.3. The minimum atomic E-state index is 0.178. The van der Waals surface area contributed by atoms with Crippen LogP contribution in [-0.4, -0.2) is 5.54 Å². The largest absolute Gasteiger partial charge is 0.307 e. The molecule has 0 fully saturated rings. The highest BCUT2D eigenvalue weighted by molar-refractivity contribution is 7.19. The van der Waals surface area contributed by atoms with Crippen molar-refractivity contribution < 1.29 is 0 Å². The molecule has 0 saturated heterocycles. The number of fused-ring (bicyclic) bond motifs is 1. The van der Waals surface area contributed by atoms with Crippen molar-refractivity contribution in [1.29, 1.82) is 0 Å². The van der Waals surface area contributed by atoms with Crippen LogP contribution >= 0.6 is 11.3 Å². The van der Waals surface area contributed by atoms with Crippen molar-refractivity contribution >= 4 is 21.4 Å². The summed E-state index contributed by atoms with van der Waals surface area (Å²) in [7, 11) is 0. The average Bonchev–Trinajstić information content (AvgIpc) is 2.54. The molecule has 0 aliphatic heterocycles. The van der Waals surface area contributed by atoms with E-state index in [0.717, 1.165) is 6.54 Å². The lowest BCUT2D eigenvalue weighted by atomic mass is 10.1. The number of rotatable bonds is 2. The summed E-state index contributed by atoms with van der Waals surface area (Å²) < 4.78 is 1.44. The minimum Gasteiger partial charge on any atom is -0.307 e. The Morgan fingerprint density at radius 1 is 1.18 bits per heavy atom. The first-order valence-electron chi connectivity index (χ1n) is 6.11. The summed E-state index contributed by atoms with van der Waals surface area (Å²) in [5, 5.41) is 4.99. The molecular formula is C15H21NS. The third kappa shape index (κ3) is 2.70. The van der Waals surface area contributed by atoms with Crippen LogP contribution in [0.15, 0.2) is 18.2 Å². The topological polar surface area (TPSA) is 12.0 Å². The number of thiophene rings is 1. The van der Waals surface area contributed by atoms with Crippen LogP contribution < -0.4 is 5.32 Å². The van der Waals surface area contributed by atoms with E-state index in [1.807, 2.05) is 11.3 Å². The maximum absolute atomic E-state index is 3.57. The van der Waals surface area contributed by atoms with Crippen LogP contribution in [0.2, 0.25) is 0 Å². The number of hydrogen-bond donors (Lipinski definition) is 1. The Balaban J connectivity index is 2.36. The molecule has 0 saturated carbocycles. The van der Waals surface area contributed by atoms with Crippen molar-refractivity contribution in [3.8, 4) is 0 Å². The van der Waals surface area contributed by atoms with E-state index in [2.05, 4.69) is 58.1 Å². The van der Waals surface area contributed by atoms with Gasteiger partial charge >= 0.3 is 0 Å². The molecular weight excluding hydrogens is 226 g/mol. The smallest absolute Gasteiger partial charge is 0.0378 e. The Bertz CT molecular complexity index is 532. The van der Waals surface area contributed by atoms with Crippen LogP contribution in [0.1, 0.15) is 36.8 Å². The molecule has 0 atom stereocenters. The van der Waals surface area contributed by atoms with Crippen molar-refractivity contribution in [2.24, 2.45) is 0 Å². The van der Waals surface area contributed by atoms with Crippen LogP contribution in [0.25, 0.3) is 10.1 Å². The second-order valence-corrected chi connectivity index (χ2v) is 6.81. The number of nitrogens with one attached hydrogen (secondary N) is 1. The summed E-state index contributed by atoms with van der Waals surface area (Å²) in [5.74, 6) is 0. The minimum absolute atomic E-state index is 0.178. The fourth-order valence-electron chi connectivity index (χ4n) is 1.95. The van der Waals surface area contributed by atoms with Gasteiger partial charge in [-0.2, -0.15) is 0 Å². The molecule has 0 amide bonds. The highest BCUT2D eigenvalue weighted by Crippen LogP contribution is 2.33. The van der Waals surface area contributed by atoms with E-state index >= 15 is 0 Å². The average molecular weight is 247 g/mol. The van der Waals surface area contributed by atoms with E-state index in [-0.39, 0.29) is 5.54 Å². The Morgan fingerprint density at radius 2 is 1.88 bits per heavy atom. The molecule has 2 aromatic rings. The van der Waals surface area contributed by atoms with Gasteiger partial charge in [0.25, 0.3) is 0 Å². The maximum atomic E-state index is 3.57. The molecule has 1 nitrogen and oxygen atoms in total. The Hall–Kier alpha value is -0.860. The summed E-state index contributed by atoms with van der Waals surface area (Å²) in [4.78, 5) is 1.46. The Kier molecular flexibility index (Phi) is 3.28. The van der Waals surface area contributed by atoms with Gasteiger partial charge in [-0.25, -0.2) is 0 Å². The predicted molar refractivity (Wildman–Crippen MR) is 77.9 cm³/mol. The summed E-state index contributed by atoms with van der Waals surface area (Å²) >= 11 is 1.93. The van der Waals surface area contributed by atoms with E-state index in [9.17, 15) is 0 Å². The lowest BCUT2D eigenvalue weighted by Gasteiger charge is -2.20. The van der Waals surface area contributed by atoms with Gasteiger partial charge in [0, 0.05) is 21.7 Å². The monoisotopic (exact) mass is 247 g/mol. The van der Waals surface area contributed by atoms with Gasteiger partial charge in [-0.3, -0.25) is 0 Å².